The topological polar surface area (TPSA) is 33.0 Å². The smallest absolute Gasteiger partial charge is 0.119 e. The van der Waals surface area contributed by atoms with Crippen molar-refractivity contribution in [3.05, 3.63) is 29.3 Å². The Kier molecular flexibility index (Phi) is 2.71. The first-order valence-corrected chi connectivity index (χ1v) is 3.78. The van der Waals surface area contributed by atoms with Crippen LogP contribution in [0.2, 0.25) is 0 Å². The van der Waals surface area contributed by atoms with Crippen LogP contribution in [0.5, 0.6) is 5.75 Å². The Morgan fingerprint density at radius 3 is 2.75 bits per heavy atom. The maximum atomic E-state index is 8.48. The van der Waals surface area contributed by atoms with Gasteiger partial charge in [0.05, 0.1) is 19.6 Å². The molecule has 12 heavy (non-hydrogen) atoms. The third-order valence-electron chi connectivity index (χ3n) is 1.63. The van der Waals surface area contributed by atoms with Crippen molar-refractivity contribution in [3.8, 4) is 11.8 Å². The number of hydrogen-bond donors (Lipinski definition) is 0. The molecule has 0 spiro atoms. The van der Waals surface area contributed by atoms with E-state index in [2.05, 4.69) is 6.07 Å². The second-order valence-electron chi connectivity index (χ2n) is 2.69. The Morgan fingerprint density at radius 2 is 2.17 bits per heavy atom. The summed E-state index contributed by atoms with van der Waals surface area (Å²) < 4.78 is 5.07. The summed E-state index contributed by atoms with van der Waals surface area (Å²) in [6.45, 7) is 1.99. The Labute approximate surface area is 72.4 Å². The van der Waals surface area contributed by atoms with Gasteiger partial charge in [-0.15, -0.1) is 0 Å². The molecule has 0 aliphatic heterocycles. The Morgan fingerprint density at radius 1 is 1.42 bits per heavy atom. The first-order valence-electron chi connectivity index (χ1n) is 3.78. The summed E-state index contributed by atoms with van der Waals surface area (Å²) in [5.41, 5.74) is 2.13. The number of nitrogens with zero attached hydrogens (tertiary/aromatic N) is 1. The molecule has 0 fully saturated rings. The van der Waals surface area contributed by atoms with Gasteiger partial charge in [-0.25, -0.2) is 0 Å². The van der Waals surface area contributed by atoms with Gasteiger partial charge >= 0.3 is 0 Å². The maximum Gasteiger partial charge on any atom is 0.119 e. The summed E-state index contributed by atoms with van der Waals surface area (Å²) in [4.78, 5) is 0. The summed E-state index contributed by atoms with van der Waals surface area (Å²) in [6, 6.07) is 7.93. The van der Waals surface area contributed by atoms with Crippen LogP contribution in [0.4, 0.5) is 0 Å². The molecule has 2 nitrogen and oxygen atoms in total. The summed E-state index contributed by atoms with van der Waals surface area (Å²) in [5, 5.41) is 8.48. The van der Waals surface area contributed by atoms with Gasteiger partial charge in [0.15, 0.2) is 0 Å². The monoisotopic (exact) mass is 161 g/mol. The molecule has 0 aliphatic carbocycles. The van der Waals surface area contributed by atoms with Crippen molar-refractivity contribution in [3.63, 3.8) is 0 Å². The number of benzene rings is 1. The summed E-state index contributed by atoms with van der Waals surface area (Å²) in [6.07, 6.45) is 0.442. The average molecular weight is 161 g/mol. The fourth-order valence-corrected chi connectivity index (χ4v) is 1.14. The number of hydrogen-bond acceptors (Lipinski definition) is 2. The van der Waals surface area contributed by atoms with Crippen LogP contribution in [-0.4, -0.2) is 7.11 Å². The molecule has 62 valence electrons. The van der Waals surface area contributed by atoms with Gasteiger partial charge in [-0.05, 0) is 30.2 Å². The van der Waals surface area contributed by atoms with Crippen LogP contribution >= 0.6 is 0 Å². The largest absolute Gasteiger partial charge is 0.497 e. The van der Waals surface area contributed by atoms with Crippen molar-refractivity contribution in [1.29, 1.82) is 5.26 Å². The van der Waals surface area contributed by atoms with Crippen LogP contribution in [0.15, 0.2) is 18.2 Å². The highest BCUT2D eigenvalue weighted by Gasteiger charge is 1.97. The Hall–Kier alpha value is -1.49. The van der Waals surface area contributed by atoms with Crippen LogP contribution in [0.1, 0.15) is 11.1 Å². The molecule has 2 heteroatoms. The molecule has 0 radical (unpaired) electrons. The highest BCUT2D eigenvalue weighted by Crippen LogP contribution is 2.16. The van der Waals surface area contributed by atoms with E-state index in [0.717, 1.165) is 16.9 Å². The van der Waals surface area contributed by atoms with E-state index in [9.17, 15) is 0 Å². The molecular formula is C10H11NO. The predicted octanol–water partition coefficient (Wildman–Crippen LogP) is 2.07. The normalized spacial score (nSPS) is 9.08. The standard InChI is InChI=1S/C10H11NO/c1-8-5-9(3-4-11)7-10(6-8)12-2/h5-7H,3H2,1-2H3. The van der Waals surface area contributed by atoms with Gasteiger partial charge in [-0.1, -0.05) is 6.07 Å². The van der Waals surface area contributed by atoms with Gasteiger partial charge < -0.3 is 4.74 Å². The lowest BCUT2D eigenvalue weighted by molar-refractivity contribution is 0.414. The molecule has 0 amide bonds. The minimum atomic E-state index is 0.442. The lowest BCUT2D eigenvalue weighted by atomic mass is 10.1. The Balaban J connectivity index is 2.99. The number of methoxy groups -OCH3 is 1. The van der Waals surface area contributed by atoms with Gasteiger partial charge in [0.25, 0.3) is 0 Å². The first-order chi connectivity index (χ1) is 5.76. The lowest BCUT2D eigenvalue weighted by Gasteiger charge is -2.03. The van der Waals surface area contributed by atoms with Crippen LogP contribution < -0.4 is 4.74 Å². The van der Waals surface area contributed by atoms with E-state index in [0.29, 0.717) is 6.42 Å². The molecule has 0 saturated carbocycles. The fraction of sp³-hybridized carbons (Fsp3) is 0.300. The summed E-state index contributed by atoms with van der Waals surface area (Å²) in [5.74, 6) is 0.820. The maximum absolute atomic E-state index is 8.48. The number of nitriles is 1. The van der Waals surface area contributed by atoms with Gasteiger partial charge in [0, 0.05) is 0 Å². The lowest BCUT2D eigenvalue weighted by Crippen LogP contribution is -1.88. The zero-order valence-corrected chi connectivity index (χ0v) is 7.29. The molecule has 0 saturated heterocycles. The van der Waals surface area contributed by atoms with Gasteiger partial charge in [0.2, 0.25) is 0 Å². The van der Waals surface area contributed by atoms with Crippen LogP contribution in [-0.2, 0) is 6.42 Å². The van der Waals surface area contributed by atoms with Crippen molar-refractivity contribution >= 4 is 0 Å². The molecule has 0 atom stereocenters. The van der Waals surface area contributed by atoms with Crippen LogP contribution in [0, 0.1) is 18.3 Å². The van der Waals surface area contributed by atoms with Crippen LogP contribution in [0.3, 0.4) is 0 Å². The number of ether oxygens (including phenoxy) is 1. The first kappa shape index (κ1) is 8.61. The van der Waals surface area contributed by atoms with E-state index < -0.39 is 0 Å². The number of aryl methyl sites for hydroxylation is 1. The second kappa shape index (κ2) is 3.77. The summed E-state index contributed by atoms with van der Waals surface area (Å²) in [7, 11) is 1.63. The molecule has 1 aromatic rings. The van der Waals surface area contributed by atoms with Crippen molar-refractivity contribution in [2.45, 2.75) is 13.3 Å². The SMILES string of the molecule is COc1cc(C)cc(CC#N)c1. The third kappa shape index (κ3) is 2.00. The van der Waals surface area contributed by atoms with E-state index in [4.69, 9.17) is 10.00 Å². The van der Waals surface area contributed by atoms with Crippen molar-refractivity contribution in [2.75, 3.05) is 7.11 Å². The highest BCUT2D eigenvalue weighted by atomic mass is 16.5. The molecular weight excluding hydrogens is 150 g/mol. The van der Waals surface area contributed by atoms with E-state index in [-0.39, 0.29) is 0 Å². The molecule has 1 aromatic carbocycles. The van der Waals surface area contributed by atoms with Crippen molar-refractivity contribution in [2.24, 2.45) is 0 Å². The summed E-state index contributed by atoms with van der Waals surface area (Å²) >= 11 is 0. The average Bonchev–Trinajstić information content (AvgIpc) is 2.04. The molecule has 0 bridgehead atoms. The second-order valence-corrected chi connectivity index (χ2v) is 2.69. The molecule has 0 aromatic heterocycles. The highest BCUT2D eigenvalue weighted by molar-refractivity contribution is 5.34. The fourth-order valence-electron chi connectivity index (χ4n) is 1.14. The molecule has 1 rings (SSSR count). The predicted molar refractivity (Wildman–Crippen MR) is 47.0 cm³/mol. The Bertz CT molecular complexity index is 312. The minimum Gasteiger partial charge on any atom is -0.497 e. The molecule has 0 N–H and O–H groups in total. The molecule has 0 unspecified atom stereocenters. The quantitative estimate of drug-likeness (QED) is 0.665. The van der Waals surface area contributed by atoms with E-state index >= 15 is 0 Å². The molecule has 0 aliphatic rings. The third-order valence-corrected chi connectivity index (χ3v) is 1.63. The molecule has 0 heterocycles. The van der Waals surface area contributed by atoms with E-state index in [1.54, 1.807) is 7.11 Å². The van der Waals surface area contributed by atoms with Crippen molar-refractivity contribution in [1.82, 2.24) is 0 Å². The minimum absolute atomic E-state index is 0.442. The van der Waals surface area contributed by atoms with Crippen LogP contribution in [0.25, 0.3) is 0 Å². The van der Waals surface area contributed by atoms with Gasteiger partial charge in [-0.2, -0.15) is 5.26 Å². The van der Waals surface area contributed by atoms with Crippen molar-refractivity contribution < 1.29 is 4.74 Å². The van der Waals surface area contributed by atoms with E-state index in [1.807, 2.05) is 25.1 Å². The zero-order chi connectivity index (χ0) is 8.97. The van der Waals surface area contributed by atoms with Gasteiger partial charge in [0.1, 0.15) is 5.75 Å². The zero-order valence-electron chi connectivity index (χ0n) is 7.29. The van der Waals surface area contributed by atoms with E-state index in [1.165, 1.54) is 0 Å². The number of rotatable bonds is 2. The van der Waals surface area contributed by atoms with Gasteiger partial charge in [-0.3, -0.25) is 0 Å².